The van der Waals surface area contributed by atoms with Crippen LogP contribution in [0.5, 0.6) is 5.75 Å². The van der Waals surface area contributed by atoms with Crippen LogP contribution in [0.3, 0.4) is 0 Å². The highest BCUT2D eigenvalue weighted by molar-refractivity contribution is 7.99. The fourth-order valence-electron chi connectivity index (χ4n) is 1.44. The van der Waals surface area contributed by atoms with Gasteiger partial charge in [0, 0.05) is 10.5 Å². The number of hydrogen-bond acceptors (Lipinski definition) is 5. The van der Waals surface area contributed by atoms with Crippen LogP contribution in [0.1, 0.15) is 5.56 Å². The van der Waals surface area contributed by atoms with Crippen molar-refractivity contribution in [1.82, 2.24) is 4.98 Å². The number of aromatic hydroxyl groups is 1. The highest BCUT2D eigenvalue weighted by Gasteiger charge is 2.11. The van der Waals surface area contributed by atoms with Crippen LogP contribution in [0.2, 0.25) is 0 Å². The Morgan fingerprint density at radius 2 is 2.17 bits per heavy atom. The first-order valence-corrected chi connectivity index (χ1v) is 5.96. The fourth-order valence-corrected chi connectivity index (χ4v) is 2.35. The summed E-state index contributed by atoms with van der Waals surface area (Å²) in [5.74, 6) is 0.179. The number of phenolic OH excluding ortho intramolecular Hbond substituents is 1. The molecule has 1 aromatic carbocycles. The van der Waals surface area contributed by atoms with E-state index in [1.54, 1.807) is 31.2 Å². The molecule has 0 saturated heterocycles. The lowest BCUT2D eigenvalue weighted by Gasteiger charge is -2.03. The van der Waals surface area contributed by atoms with E-state index in [-0.39, 0.29) is 11.4 Å². The summed E-state index contributed by atoms with van der Waals surface area (Å²) in [6.07, 6.45) is 1.25. The highest BCUT2D eigenvalue weighted by Crippen LogP contribution is 2.30. The van der Waals surface area contributed by atoms with Crippen molar-refractivity contribution in [2.45, 2.75) is 16.8 Å². The highest BCUT2D eigenvalue weighted by atomic mass is 32.2. The molecule has 2 aromatic rings. The number of aromatic nitrogens is 1. The van der Waals surface area contributed by atoms with Gasteiger partial charge in [-0.25, -0.2) is 4.98 Å². The van der Waals surface area contributed by atoms with E-state index >= 15 is 0 Å². The van der Waals surface area contributed by atoms with E-state index in [4.69, 9.17) is 0 Å². The monoisotopic (exact) mass is 262 g/mol. The molecule has 1 aromatic heterocycles. The second-order valence-electron chi connectivity index (χ2n) is 3.67. The molecule has 92 valence electrons. The van der Waals surface area contributed by atoms with Crippen LogP contribution in [0.4, 0.5) is 5.69 Å². The summed E-state index contributed by atoms with van der Waals surface area (Å²) >= 11 is 1.34. The molecule has 0 spiro atoms. The number of phenols is 1. The van der Waals surface area contributed by atoms with Crippen molar-refractivity contribution >= 4 is 17.4 Å². The summed E-state index contributed by atoms with van der Waals surface area (Å²) in [5, 5.41) is 20.7. The maximum absolute atomic E-state index is 10.7. The molecule has 18 heavy (non-hydrogen) atoms. The van der Waals surface area contributed by atoms with Gasteiger partial charge in [0.25, 0.3) is 5.69 Å². The molecule has 0 atom stereocenters. The predicted molar refractivity (Wildman–Crippen MR) is 67.9 cm³/mol. The number of benzene rings is 1. The van der Waals surface area contributed by atoms with E-state index in [2.05, 4.69) is 4.98 Å². The van der Waals surface area contributed by atoms with Crippen molar-refractivity contribution in [3.8, 4) is 5.75 Å². The van der Waals surface area contributed by atoms with Gasteiger partial charge in [-0.15, -0.1) is 0 Å². The number of nitro groups is 1. The molecule has 6 heteroatoms. The lowest BCUT2D eigenvalue weighted by molar-refractivity contribution is -0.385. The van der Waals surface area contributed by atoms with Crippen molar-refractivity contribution in [1.29, 1.82) is 0 Å². The SMILES string of the molecule is Cc1cc(Sc2cccc(O)c2)ncc1[N+](=O)[O-]. The molecule has 0 saturated carbocycles. The first-order valence-electron chi connectivity index (χ1n) is 5.14. The molecule has 0 aliphatic rings. The van der Waals surface area contributed by atoms with E-state index in [0.29, 0.717) is 10.6 Å². The molecule has 1 N–H and O–H groups in total. The summed E-state index contributed by atoms with van der Waals surface area (Å²) in [6.45, 7) is 1.67. The largest absolute Gasteiger partial charge is 0.508 e. The van der Waals surface area contributed by atoms with E-state index in [1.165, 1.54) is 18.0 Å². The molecule has 1 heterocycles. The Hall–Kier alpha value is -2.08. The smallest absolute Gasteiger partial charge is 0.290 e. The molecule has 0 unspecified atom stereocenters. The fraction of sp³-hybridized carbons (Fsp3) is 0.0833. The van der Waals surface area contributed by atoms with Crippen LogP contribution in [-0.2, 0) is 0 Å². The Bertz CT molecular complexity index is 602. The van der Waals surface area contributed by atoms with E-state index in [0.717, 1.165) is 4.90 Å². The van der Waals surface area contributed by atoms with Gasteiger partial charge in [0.2, 0.25) is 0 Å². The topological polar surface area (TPSA) is 76.3 Å². The van der Waals surface area contributed by atoms with Crippen LogP contribution in [-0.4, -0.2) is 15.0 Å². The van der Waals surface area contributed by atoms with Gasteiger partial charge >= 0.3 is 0 Å². The van der Waals surface area contributed by atoms with Gasteiger partial charge in [-0.05, 0) is 31.2 Å². The van der Waals surface area contributed by atoms with Crippen LogP contribution in [0.25, 0.3) is 0 Å². The van der Waals surface area contributed by atoms with Crippen LogP contribution >= 0.6 is 11.8 Å². The normalized spacial score (nSPS) is 10.3. The quantitative estimate of drug-likeness (QED) is 0.679. The molecular formula is C12H10N2O3S. The van der Waals surface area contributed by atoms with E-state index < -0.39 is 4.92 Å². The van der Waals surface area contributed by atoms with Gasteiger partial charge in [0.15, 0.2) is 0 Å². The third-order valence-corrected chi connectivity index (χ3v) is 3.22. The molecular weight excluding hydrogens is 252 g/mol. The van der Waals surface area contributed by atoms with Crippen molar-refractivity contribution in [2.24, 2.45) is 0 Å². The lowest BCUT2D eigenvalue weighted by Crippen LogP contribution is -1.93. The average molecular weight is 262 g/mol. The third kappa shape index (κ3) is 2.78. The number of pyridine rings is 1. The lowest BCUT2D eigenvalue weighted by atomic mass is 10.3. The maximum Gasteiger partial charge on any atom is 0.290 e. The molecule has 0 aliphatic carbocycles. The Morgan fingerprint density at radius 3 is 2.78 bits per heavy atom. The van der Waals surface area contributed by atoms with Crippen LogP contribution in [0.15, 0.2) is 46.5 Å². The molecule has 0 radical (unpaired) electrons. The van der Waals surface area contributed by atoms with Crippen molar-refractivity contribution in [2.75, 3.05) is 0 Å². The number of nitrogens with zero attached hydrogens (tertiary/aromatic N) is 2. The first-order chi connectivity index (χ1) is 8.56. The van der Waals surface area contributed by atoms with Gasteiger partial charge in [-0.1, -0.05) is 17.8 Å². The summed E-state index contributed by atoms with van der Waals surface area (Å²) < 4.78 is 0. The average Bonchev–Trinajstić information content (AvgIpc) is 2.28. The number of rotatable bonds is 3. The zero-order valence-electron chi connectivity index (χ0n) is 9.53. The molecule has 0 amide bonds. The molecule has 2 rings (SSSR count). The van der Waals surface area contributed by atoms with Gasteiger partial charge in [-0.2, -0.15) is 0 Å². The second kappa shape index (κ2) is 5.05. The standard InChI is InChI=1S/C12H10N2O3S/c1-8-5-12(13-7-11(8)14(16)17)18-10-4-2-3-9(15)6-10/h2-7,15H,1H3. The third-order valence-electron chi connectivity index (χ3n) is 2.29. The van der Waals surface area contributed by atoms with Crippen molar-refractivity contribution in [3.05, 3.63) is 52.2 Å². The minimum atomic E-state index is -0.453. The second-order valence-corrected chi connectivity index (χ2v) is 4.76. The van der Waals surface area contributed by atoms with E-state index in [9.17, 15) is 15.2 Å². The minimum Gasteiger partial charge on any atom is -0.508 e. The molecule has 0 aliphatic heterocycles. The molecule has 5 nitrogen and oxygen atoms in total. The van der Waals surface area contributed by atoms with Gasteiger partial charge in [-0.3, -0.25) is 10.1 Å². The summed E-state index contributed by atoms with van der Waals surface area (Å²) in [7, 11) is 0. The number of hydrogen-bond donors (Lipinski definition) is 1. The Balaban J connectivity index is 2.25. The van der Waals surface area contributed by atoms with E-state index in [1.807, 2.05) is 6.07 Å². The van der Waals surface area contributed by atoms with Gasteiger partial charge in [0.05, 0.1) is 4.92 Å². The Kier molecular flexibility index (Phi) is 3.47. The van der Waals surface area contributed by atoms with Crippen LogP contribution < -0.4 is 0 Å². The van der Waals surface area contributed by atoms with Crippen molar-refractivity contribution < 1.29 is 10.0 Å². The zero-order chi connectivity index (χ0) is 13.1. The summed E-state index contributed by atoms with van der Waals surface area (Å²) in [6, 6.07) is 8.42. The Morgan fingerprint density at radius 1 is 1.39 bits per heavy atom. The molecule has 0 bridgehead atoms. The Labute approximate surface area is 108 Å². The van der Waals surface area contributed by atoms with Crippen molar-refractivity contribution in [3.63, 3.8) is 0 Å². The molecule has 0 fully saturated rings. The van der Waals surface area contributed by atoms with Crippen LogP contribution in [0, 0.1) is 17.0 Å². The predicted octanol–water partition coefficient (Wildman–Crippen LogP) is 3.16. The minimum absolute atomic E-state index is 0.00950. The maximum atomic E-state index is 10.7. The first kappa shape index (κ1) is 12.4. The summed E-state index contributed by atoms with van der Waals surface area (Å²) in [5.41, 5.74) is 0.577. The summed E-state index contributed by atoms with van der Waals surface area (Å²) in [4.78, 5) is 15.1. The zero-order valence-corrected chi connectivity index (χ0v) is 10.3. The number of aryl methyl sites for hydroxylation is 1. The van der Waals surface area contributed by atoms with Gasteiger partial charge < -0.3 is 5.11 Å². The van der Waals surface area contributed by atoms with Gasteiger partial charge in [0.1, 0.15) is 17.0 Å².